The first kappa shape index (κ1) is 21.7. The standard InChI is InChI=1S/C27H40/c1-2-3-4-5-6-7-8-9-10-11-12-13-14-15-16-20-25-22-19-23-26-21-17-18-24-27(25)26/h12-13,17-19,21-24H,2-11,14-16,20H2,1H3/b13-12+. The maximum absolute atomic E-state index is 2.42. The van der Waals surface area contributed by atoms with Gasteiger partial charge >= 0.3 is 0 Å². The highest BCUT2D eigenvalue weighted by Gasteiger charge is 1.99. The molecule has 2 rings (SSSR count). The van der Waals surface area contributed by atoms with Crippen LogP contribution in [0.1, 0.15) is 96.0 Å². The first-order valence-corrected chi connectivity index (χ1v) is 11.5. The highest BCUT2D eigenvalue weighted by atomic mass is 14.0. The van der Waals surface area contributed by atoms with E-state index in [0.717, 1.165) is 0 Å². The second-order valence-electron chi connectivity index (χ2n) is 7.97. The van der Waals surface area contributed by atoms with Gasteiger partial charge in [0.1, 0.15) is 0 Å². The third-order valence-electron chi connectivity index (χ3n) is 5.59. The van der Waals surface area contributed by atoms with Crippen LogP contribution in [0.4, 0.5) is 0 Å². The van der Waals surface area contributed by atoms with Gasteiger partial charge in [0, 0.05) is 0 Å². The molecule has 0 atom stereocenters. The van der Waals surface area contributed by atoms with E-state index in [-0.39, 0.29) is 0 Å². The van der Waals surface area contributed by atoms with E-state index in [0.29, 0.717) is 0 Å². The average Bonchev–Trinajstić information content (AvgIpc) is 2.71. The van der Waals surface area contributed by atoms with Crippen LogP contribution >= 0.6 is 0 Å². The average molecular weight is 365 g/mol. The molecule has 0 bridgehead atoms. The summed E-state index contributed by atoms with van der Waals surface area (Å²) in [5, 5.41) is 2.80. The third-order valence-corrected chi connectivity index (χ3v) is 5.59. The summed E-state index contributed by atoms with van der Waals surface area (Å²) in [5.41, 5.74) is 1.51. The topological polar surface area (TPSA) is 0 Å². The quantitative estimate of drug-likeness (QED) is 0.218. The van der Waals surface area contributed by atoms with Crippen molar-refractivity contribution in [3.8, 4) is 0 Å². The summed E-state index contributed by atoms with van der Waals surface area (Å²) in [6, 6.07) is 15.5. The van der Waals surface area contributed by atoms with E-state index in [1.165, 1.54) is 106 Å². The van der Waals surface area contributed by atoms with Crippen molar-refractivity contribution in [3.05, 3.63) is 60.2 Å². The molecule has 0 aliphatic rings. The molecule has 0 spiro atoms. The fourth-order valence-corrected chi connectivity index (χ4v) is 3.90. The highest BCUT2D eigenvalue weighted by molar-refractivity contribution is 5.85. The van der Waals surface area contributed by atoms with E-state index in [4.69, 9.17) is 0 Å². The Morgan fingerprint density at radius 2 is 1.19 bits per heavy atom. The van der Waals surface area contributed by atoms with Gasteiger partial charge in [0.15, 0.2) is 0 Å². The monoisotopic (exact) mass is 364 g/mol. The van der Waals surface area contributed by atoms with E-state index < -0.39 is 0 Å². The number of allylic oxidation sites excluding steroid dienone is 2. The van der Waals surface area contributed by atoms with Crippen LogP contribution in [0, 0.1) is 0 Å². The lowest BCUT2D eigenvalue weighted by molar-refractivity contribution is 0.566. The fourth-order valence-electron chi connectivity index (χ4n) is 3.90. The molecule has 0 saturated heterocycles. The van der Waals surface area contributed by atoms with Crippen LogP contribution in [0.2, 0.25) is 0 Å². The Labute approximate surface area is 168 Å². The predicted octanol–water partition coefficient (Wildman–Crippen LogP) is 9.03. The Morgan fingerprint density at radius 3 is 1.93 bits per heavy atom. The van der Waals surface area contributed by atoms with E-state index in [2.05, 4.69) is 61.5 Å². The summed E-state index contributed by atoms with van der Waals surface area (Å²) < 4.78 is 0. The molecule has 2 aromatic carbocycles. The predicted molar refractivity (Wildman–Crippen MR) is 122 cm³/mol. The van der Waals surface area contributed by atoms with Gasteiger partial charge in [-0.25, -0.2) is 0 Å². The minimum atomic E-state index is 1.20. The lowest BCUT2D eigenvalue weighted by Crippen LogP contribution is -1.87. The van der Waals surface area contributed by atoms with Gasteiger partial charge in [-0.2, -0.15) is 0 Å². The molecule has 0 amide bonds. The smallest absolute Gasteiger partial charge is 0.0152 e. The van der Waals surface area contributed by atoms with Gasteiger partial charge in [-0.3, -0.25) is 0 Å². The van der Waals surface area contributed by atoms with Gasteiger partial charge < -0.3 is 0 Å². The molecule has 0 aliphatic carbocycles. The van der Waals surface area contributed by atoms with Crippen LogP contribution in [0.15, 0.2) is 54.6 Å². The molecular formula is C27H40. The zero-order valence-electron chi connectivity index (χ0n) is 17.6. The summed E-state index contributed by atoms with van der Waals surface area (Å²) in [6.45, 7) is 2.29. The van der Waals surface area contributed by atoms with Crippen LogP contribution < -0.4 is 0 Å². The van der Waals surface area contributed by atoms with Crippen molar-refractivity contribution in [1.29, 1.82) is 0 Å². The minimum absolute atomic E-state index is 1.20. The summed E-state index contributed by atoms with van der Waals surface area (Å²) in [7, 11) is 0. The van der Waals surface area contributed by atoms with Gasteiger partial charge in [0.05, 0.1) is 0 Å². The van der Waals surface area contributed by atoms with Crippen LogP contribution in [-0.2, 0) is 6.42 Å². The van der Waals surface area contributed by atoms with Crippen molar-refractivity contribution in [2.24, 2.45) is 0 Å². The van der Waals surface area contributed by atoms with E-state index >= 15 is 0 Å². The second-order valence-corrected chi connectivity index (χ2v) is 7.97. The summed E-state index contributed by atoms with van der Waals surface area (Å²) in [6.07, 6.45) is 23.9. The fraction of sp³-hybridized carbons (Fsp3) is 0.556. The largest absolute Gasteiger partial charge is 0.0885 e. The Hall–Kier alpha value is -1.56. The van der Waals surface area contributed by atoms with E-state index in [9.17, 15) is 0 Å². The normalized spacial score (nSPS) is 11.6. The first-order chi connectivity index (χ1) is 13.4. The van der Waals surface area contributed by atoms with Gasteiger partial charge in [-0.15, -0.1) is 0 Å². The number of fused-ring (bicyclic) bond motifs is 1. The molecule has 148 valence electrons. The van der Waals surface area contributed by atoms with Crippen molar-refractivity contribution < 1.29 is 0 Å². The Morgan fingerprint density at radius 1 is 0.593 bits per heavy atom. The van der Waals surface area contributed by atoms with Crippen LogP contribution in [-0.4, -0.2) is 0 Å². The molecule has 0 heteroatoms. The van der Waals surface area contributed by atoms with E-state index in [1.807, 2.05) is 0 Å². The molecule has 0 saturated carbocycles. The molecule has 0 nitrogen and oxygen atoms in total. The zero-order valence-corrected chi connectivity index (χ0v) is 17.6. The number of hydrogen-bond donors (Lipinski definition) is 0. The molecular weight excluding hydrogens is 324 g/mol. The first-order valence-electron chi connectivity index (χ1n) is 11.5. The van der Waals surface area contributed by atoms with Crippen molar-refractivity contribution >= 4 is 10.8 Å². The molecule has 27 heavy (non-hydrogen) atoms. The van der Waals surface area contributed by atoms with Crippen molar-refractivity contribution in [2.45, 2.75) is 96.8 Å². The Kier molecular flexibility index (Phi) is 11.7. The number of hydrogen-bond acceptors (Lipinski definition) is 0. The molecule has 0 unspecified atom stereocenters. The maximum Gasteiger partial charge on any atom is -0.0152 e. The van der Waals surface area contributed by atoms with Gasteiger partial charge in [0.25, 0.3) is 0 Å². The molecule has 2 aromatic rings. The molecule has 0 N–H and O–H groups in total. The summed E-state index contributed by atoms with van der Waals surface area (Å²) in [5.74, 6) is 0. The van der Waals surface area contributed by atoms with Crippen molar-refractivity contribution in [3.63, 3.8) is 0 Å². The van der Waals surface area contributed by atoms with Crippen molar-refractivity contribution in [2.75, 3.05) is 0 Å². The highest BCUT2D eigenvalue weighted by Crippen LogP contribution is 2.20. The van der Waals surface area contributed by atoms with E-state index in [1.54, 1.807) is 0 Å². The molecule has 0 fully saturated rings. The van der Waals surface area contributed by atoms with Gasteiger partial charge in [0.2, 0.25) is 0 Å². The van der Waals surface area contributed by atoms with Crippen LogP contribution in [0.3, 0.4) is 0 Å². The number of benzene rings is 2. The summed E-state index contributed by atoms with van der Waals surface area (Å²) >= 11 is 0. The molecule has 0 radical (unpaired) electrons. The zero-order chi connectivity index (χ0) is 19.0. The molecule has 0 aromatic heterocycles. The number of unbranched alkanes of at least 4 members (excludes halogenated alkanes) is 11. The Balaban J connectivity index is 1.45. The second kappa shape index (κ2) is 14.5. The number of rotatable bonds is 15. The number of aryl methyl sites for hydroxylation is 1. The lowest BCUT2D eigenvalue weighted by atomic mass is 10.00. The SMILES string of the molecule is CCCCCCCCCCC/C=C/CCCCc1cccc2ccccc12. The minimum Gasteiger partial charge on any atom is -0.0885 e. The third kappa shape index (κ3) is 9.27. The van der Waals surface area contributed by atoms with Crippen molar-refractivity contribution in [1.82, 2.24) is 0 Å². The lowest BCUT2D eigenvalue weighted by Gasteiger charge is -2.05. The van der Waals surface area contributed by atoms with Crippen LogP contribution in [0.25, 0.3) is 10.8 Å². The van der Waals surface area contributed by atoms with Gasteiger partial charge in [-0.1, -0.05) is 113 Å². The molecule has 0 aliphatic heterocycles. The summed E-state index contributed by atoms with van der Waals surface area (Å²) in [4.78, 5) is 0. The van der Waals surface area contributed by atoms with Gasteiger partial charge in [-0.05, 0) is 54.9 Å². The Bertz CT molecular complexity index is 632. The molecule has 0 heterocycles. The maximum atomic E-state index is 2.42. The van der Waals surface area contributed by atoms with Crippen LogP contribution in [0.5, 0.6) is 0 Å².